The highest BCUT2D eigenvalue weighted by Crippen LogP contribution is 2.34. The van der Waals surface area contributed by atoms with Crippen molar-refractivity contribution in [3.8, 4) is 0 Å². The molecule has 0 saturated carbocycles. The molecule has 5 heteroatoms. The third-order valence-corrected chi connectivity index (χ3v) is 2.82. The molecule has 0 amide bonds. The maximum Gasteiger partial charge on any atom is 0.314 e. The molecule has 1 unspecified atom stereocenters. The Balaban J connectivity index is 2.81. The maximum absolute atomic E-state index is 11.6. The molecule has 1 N–H and O–H groups in total. The van der Waals surface area contributed by atoms with Crippen LogP contribution in [0.4, 0.5) is 0 Å². The highest BCUT2D eigenvalue weighted by Gasteiger charge is 2.39. The van der Waals surface area contributed by atoms with E-state index in [0.717, 1.165) is 0 Å². The van der Waals surface area contributed by atoms with Crippen molar-refractivity contribution in [3.05, 3.63) is 16.6 Å². The van der Waals surface area contributed by atoms with Crippen molar-refractivity contribution < 1.29 is 14.6 Å². The van der Waals surface area contributed by atoms with Crippen LogP contribution in [0.25, 0.3) is 0 Å². The molecule has 1 heterocycles. The number of carbonyl (C=O) groups is 1. The summed E-state index contributed by atoms with van der Waals surface area (Å²) in [6.45, 7) is 5.35. The van der Waals surface area contributed by atoms with E-state index in [4.69, 9.17) is 4.74 Å². The number of carbonyl (C=O) groups excluding carboxylic acids is 1. The van der Waals surface area contributed by atoms with E-state index in [1.807, 2.05) is 0 Å². The van der Waals surface area contributed by atoms with E-state index in [1.165, 1.54) is 11.3 Å². The van der Waals surface area contributed by atoms with Crippen molar-refractivity contribution in [1.29, 1.82) is 0 Å². The Hall–Kier alpha value is -0.940. The maximum atomic E-state index is 11.6. The summed E-state index contributed by atoms with van der Waals surface area (Å²) in [6, 6.07) is 0. The number of thiazole rings is 1. The summed E-state index contributed by atoms with van der Waals surface area (Å²) in [6.07, 6.45) is -0.928. The lowest BCUT2D eigenvalue weighted by Gasteiger charge is -2.26. The molecule has 1 aromatic heterocycles. The summed E-state index contributed by atoms with van der Waals surface area (Å²) < 4.78 is 4.90. The average Bonchev–Trinajstić information content (AvgIpc) is 2.69. The topological polar surface area (TPSA) is 59.4 Å². The van der Waals surface area contributed by atoms with Crippen LogP contribution in [-0.2, 0) is 9.53 Å². The third-order valence-electron chi connectivity index (χ3n) is 2.22. The standard InChI is InChI=1S/C10H15NO3S/c1-4-14-9(13)10(2,3)8(12)7-5-15-6-11-7/h5-6,8,12H,4H2,1-3H3. The molecule has 1 rings (SSSR count). The summed E-state index contributed by atoms with van der Waals surface area (Å²) in [5.74, 6) is -0.412. The first-order chi connectivity index (χ1) is 7.00. The molecular formula is C10H15NO3S. The van der Waals surface area contributed by atoms with Gasteiger partial charge in [0.15, 0.2) is 0 Å². The van der Waals surface area contributed by atoms with Gasteiger partial charge in [-0.2, -0.15) is 0 Å². The average molecular weight is 229 g/mol. The van der Waals surface area contributed by atoms with Crippen molar-refractivity contribution in [3.63, 3.8) is 0 Å². The normalized spacial score (nSPS) is 13.6. The first kappa shape index (κ1) is 12.1. The number of aromatic nitrogens is 1. The summed E-state index contributed by atoms with van der Waals surface area (Å²) in [5, 5.41) is 11.7. The second-order valence-corrected chi connectivity index (χ2v) is 4.48. The summed E-state index contributed by atoms with van der Waals surface area (Å²) in [5.41, 5.74) is 1.17. The van der Waals surface area contributed by atoms with E-state index in [1.54, 1.807) is 31.7 Å². The Labute approximate surface area is 92.9 Å². The fourth-order valence-electron chi connectivity index (χ4n) is 1.16. The Morgan fingerprint density at radius 2 is 2.40 bits per heavy atom. The van der Waals surface area contributed by atoms with E-state index in [-0.39, 0.29) is 0 Å². The lowest BCUT2D eigenvalue weighted by Crippen LogP contribution is -2.33. The second-order valence-electron chi connectivity index (χ2n) is 3.76. The number of rotatable bonds is 4. The second kappa shape index (κ2) is 4.72. The quantitative estimate of drug-likeness (QED) is 0.799. The van der Waals surface area contributed by atoms with Gasteiger partial charge in [-0.05, 0) is 20.8 Å². The molecule has 15 heavy (non-hydrogen) atoms. The number of aliphatic hydroxyl groups excluding tert-OH is 1. The van der Waals surface area contributed by atoms with E-state index in [0.29, 0.717) is 12.3 Å². The molecule has 0 aliphatic rings. The third kappa shape index (κ3) is 2.54. The number of hydrogen-bond donors (Lipinski definition) is 1. The van der Waals surface area contributed by atoms with Gasteiger partial charge in [0.05, 0.1) is 23.2 Å². The molecule has 0 spiro atoms. The van der Waals surface area contributed by atoms with E-state index < -0.39 is 17.5 Å². The predicted molar refractivity (Wildman–Crippen MR) is 57.5 cm³/mol. The van der Waals surface area contributed by atoms with Crippen molar-refractivity contribution in [2.24, 2.45) is 5.41 Å². The minimum atomic E-state index is -0.968. The van der Waals surface area contributed by atoms with Gasteiger partial charge in [0.2, 0.25) is 0 Å². The number of nitrogens with zero attached hydrogens (tertiary/aromatic N) is 1. The highest BCUT2D eigenvalue weighted by atomic mass is 32.1. The largest absolute Gasteiger partial charge is 0.465 e. The van der Waals surface area contributed by atoms with Crippen molar-refractivity contribution in [2.75, 3.05) is 6.61 Å². The van der Waals surface area contributed by atoms with Gasteiger partial charge in [-0.1, -0.05) is 0 Å². The van der Waals surface area contributed by atoms with Crippen molar-refractivity contribution in [1.82, 2.24) is 4.98 Å². The first-order valence-corrected chi connectivity index (χ1v) is 5.67. The summed E-state index contributed by atoms with van der Waals surface area (Å²) in [7, 11) is 0. The van der Waals surface area contributed by atoms with Gasteiger partial charge in [-0.15, -0.1) is 11.3 Å². The minimum Gasteiger partial charge on any atom is -0.465 e. The molecule has 1 atom stereocenters. The van der Waals surface area contributed by atoms with Gasteiger partial charge >= 0.3 is 5.97 Å². The smallest absolute Gasteiger partial charge is 0.314 e. The lowest BCUT2D eigenvalue weighted by molar-refractivity contribution is -0.160. The SMILES string of the molecule is CCOC(=O)C(C)(C)C(O)c1cscn1. The molecule has 4 nitrogen and oxygen atoms in total. The van der Waals surface area contributed by atoms with Gasteiger partial charge in [0, 0.05) is 5.38 Å². The van der Waals surface area contributed by atoms with Crippen LogP contribution in [0.15, 0.2) is 10.9 Å². The summed E-state index contributed by atoms with van der Waals surface area (Å²) >= 11 is 1.39. The predicted octanol–water partition coefficient (Wildman–Crippen LogP) is 1.77. The van der Waals surface area contributed by atoms with E-state index in [2.05, 4.69) is 4.98 Å². The van der Waals surface area contributed by atoms with Gasteiger partial charge in [0.1, 0.15) is 6.10 Å². The van der Waals surface area contributed by atoms with Gasteiger partial charge in [0.25, 0.3) is 0 Å². The zero-order valence-electron chi connectivity index (χ0n) is 9.06. The molecule has 0 aliphatic heterocycles. The molecule has 0 aromatic carbocycles. The lowest BCUT2D eigenvalue weighted by atomic mass is 9.85. The van der Waals surface area contributed by atoms with Crippen LogP contribution < -0.4 is 0 Å². The van der Waals surface area contributed by atoms with E-state index in [9.17, 15) is 9.90 Å². The Kier molecular flexibility index (Phi) is 3.82. The van der Waals surface area contributed by atoms with Crippen LogP contribution >= 0.6 is 11.3 Å². The number of ether oxygens (including phenoxy) is 1. The highest BCUT2D eigenvalue weighted by molar-refractivity contribution is 7.07. The van der Waals surface area contributed by atoms with Crippen molar-refractivity contribution >= 4 is 17.3 Å². The van der Waals surface area contributed by atoms with E-state index >= 15 is 0 Å². The van der Waals surface area contributed by atoms with Gasteiger partial charge in [-0.3, -0.25) is 4.79 Å². The number of hydrogen-bond acceptors (Lipinski definition) is 5. The van der Waals surface area contributed by atoms with Crippen molar-refractivity contribution in [2.45, 2.75) is 26.9 Å². The van der Waals surface area contributed by atoms with Crippen LogP contribution in [0.1, 0.15) is 32.6 Å². The fraction of sp³-hybridized carbons (Fsp3) is 0.600. The Morgan fingerprint density at radius 3 is 2.87 bits per heavy atom. The van der Waals surface area contributed by atoms with Crippen LogP contribution in [0.2, 0.25) is 0 Å². The minimum absolute atomic E-state index is 0.312. The van der Waals surface area contributed by atoms with Gasteiger partial charge < -0.3 is 9.84 Å². The Morgan fingerprint density at radius 1 is 1.73 bits per heavy atom. The van der Waals surface area contributed by atoms with Crippen LogP contribution in [-0.4, -0.2) is 22.7 Å². The van der Waals surface area contributed by atoms with Gasteiger partial charge in [-0.25, -0.2) is 4.98 Å². The zero-order chi connectivity index (χ0) is 11.5. The van der Waals surface area contributed by atoms with Crippen LogP contribution in [0.5, 0.6) is 0 Å². The number of esters is 1. The molecule has 0 radical (unpaired) electrons. The zero-order valence-corrected chi connectivity index (χ0v) is 9.87. The molecule has 0 fully saturated rings. The molecule has 1 aromatic rings. The molecule has 0 aliphatic carbocycles. The molecule has 0 bridgehead atoms. The molecular weight excluding hydrogens is 214 g/mol. The van der Waals surface area contributed by atoms with Crippen LogP contribution in [0.3, 0.4) is 0 Å². The number of aliphatic hydroxyl groups is 1. The first-order valence-electron chi connectivity index (χ1n) is 4.73. The molecule has 0 saturated heterocycles. The summed E-state index contributed by atoms with van der Waals surface area (Å²) in [4.78, 5) is 15.6. The van der Waals surface area contributed by atoms with Crippen LogP contribution in [0, 0.1) is 5.41 Å². The fourth-order valence-corrected chi connectivity index (χ4v) is 1.73. The monoisotopic (exact) mass is 229 g/mol. The Bertz CT molecular complexity index is 321. The molecule has 84 valence electrons.